The van der Waals surface area contributed by atoms with Gasteiger partial charge in [0.15, 0.2) is 0 Å². The van der Waals surface area contributed by atoms with Gasteiger partial charge >= 0.3 is 11.9 Å². The topological polar surface area (TPSA) is 140 Å². The minimum atomic E-state index is -1.14. The van der Waals surface area contributed by atoms with E-state index in [1.807, 2.05) is 0 Å². The number of nitrogens with zero attached hydrogens (tertiary/aromatic N) is 1. The first-order chi connectivity index (χ1) is 12.4. The van der Waals surface area contributed by atoms with E-state index in [1.54, 1.807) is 12.1 Å². The Morgan fingerprint density at radius 2 is 1.46 bits per heavy atom. The predicted octanol–water partition coefficient (Wildman–Crippen LogP) is 2.54. The molecule has 2 rings (SSSR count). The number of nitriles is 1. The number of rotatable bonds is 6. The molecule has 4 N–H and O–H groups in total. The molecule has 0 unspecified atom stereocenters. The van der Waals surface area contributed by atoms with Crippen LogP contribution in [0.1, 0.15) is 20.7 Å². The maximum atomic E-state index is 12.1. The van der Waals surface area contributed by atoms with Gasteiger partial charge in [0.05, 0.1) is 11.1 Å². The number of anilines is 2. The maximum Gasteiger partial charge on any atom is 0.335 e. The first-order valence-corrected chi connectivity index (χ1v) is 7.25. The summed E-state index contributed by atoms with van der Waals surface area (Å²) in [4.78, 5) is 34.0. The van der Waals surface area contributed by atoms with Gasteiger partial charge in [-0.2, -0.15) is 5.26 Å². The van der Waals surface area contributed by atoms with Crippen LogP contribution in [0.3, 0.4) is 0 Å². The normalized spacial score (nSPS) is 10.5. The second-order valence-corrected chi connectivity index (χ2v) is 5.04. The molecule has 8 nitrogen and oxygen atoms in total. The van der Waals surface area contributed by atoms with E-state index in [1.165, 1.54) is 42.5 Å². The predicted molar refractivity (Wildman–Crippen MR) is 92.8 cm³/mol. The van der Waals surface area contributed by atoms with Crippen LogP contribution in [-0.2, 0) is 4.79 Å². The van der Waals surface area contributed by atoms with Gasteiger partial charge in [-0.15, -0.1) is 0 Å². The van der Waals surface area contributed by atoms with Crippen LogP contribution in [0, 0.1) is 11.3 Å². The SMILES string of the molecule is N#C/C(=C/Nc1cccc(C(=O)O)c1)C(=O)Nc1cccc(C(=O)O)c1. The Balaban J connectivity index is 2.13. The van der Waals surface area contributed by atoms with E-state index in [-0.39, 0.29) is 22.4 Å². The highest BCUT2D eigenvalue weighted by Crippen LogP contribution is 2.13. The fraction of sp³-hybridized carbons (Fsp3) is 0. The third-order valence-corrected chi connectivity index (χ3v) is 3.23. The number of amides is 1. The molecule has 0 fully saturated rings. The smallest absolute Gasteiger partial charge is 0.335 e. The summed E-state index contributed by atoms with van der Waals surface area (Å²) in [5.41, 5.74) is 0.388. The van der Waals surface area contributed by atoms with Gasteiger partial charge in [0.2, 0.25) is 0 Å². The van der Waals surface area contributed by atoms with Crippen LogP contribution in [-0.4, -0.2) is 28.1 Å². The van der Waals surface area contributed by atoms with Crippen LogP contribution in [0.2, 0.25) is 0 Å². The van der Waals surface area contributed by atoms with Crippen LogP contribution in [0.15, 0.2) is 60.3 Å². The highest BCUT2D eigenvalue weighted by molar-refractivity contribution is 6.07. The fourth-order valence-electron chi connectivity index (χ4n) is 1.97. The first kappa shape index (κ1) is 18.2. The average molecular weight is 351 g/mol. The molecule has 0 radical (unpaired) electrons. The molecule has 130 valence electrons. The summed E-state index contributed by atoms with van der Waals surface area (Å²) in [6.45, 7) is 0. The maximum absolute atomic E-state index is 12.1. The third-order valence-electron chi connectivity index (χ3n) is 3.23. The van der Waals surface area contributed by atoms with Crippen LogP contribution < -0.4 is 10.6 Å². The van der Waals surface area contributed by atoms with Crippen molar-refractivity contribution >= 4 is 29.2 Å². The number of nitrogens with one attached hydrogen (secondary N) is 2. The second kappa shape index (κ2) is 8.12. The van der Waals surface area contributed by atoms with Gasteiger partial charge in [0.25, 0.3) is 5.91 Å². The largest absolute Gasteiger partial charge is 0.478 e. The van der Waals surface area contributed by atoms with E-state index in [0.717, 1.165) is 6.20 Å². The molecule has 0 saturated heterocycles. The van der Waals surface area contributed by atoms with Crippen LogP contribution in [0.25, 0.3) is 0 Å². The monoisotopic (exact) mass is 351 g/mol. The lowest BCUT2D eigenvalue weighted by atomic mass is 10.2. The molecular weight excluding hydrogens is 338 g/mol. The molecule has 0 heterocycles. The third kappa shape index (κ3) is 4.69. The minimum Gasteiger partial charge on any atom is -0.478 e. The van der Waals surface area contributed by atoms with Crippen molar-refractivity contribution in [2.75, 3.05) is 10.6 Å². The Kier molecular flexibility index (Phi) is 5.69. The van der Waals surface area contributed by atoms with Gasteiger partial charge in [-0.25, -0.2) is 9.59 Å². The van der Waals surface area contributed by atoms with Gasteiger partial charge in [-0.3, -0.25) is 4.79 Å². The van der Waals surface area contributed by atoms with Crippen LogP contribution >= 0.6 is 0 Å². The van der Waals surface area contributed by atoms with Crippen molar-refractivity contribution in [1.82, 2.24) is 0 Å². The van der Waals surface area contributed by atoms with E-state index in [0.29, 0.717) is 5.69 Å². The molecule has 0 saturated carbocycles. The molecule has 0 atom stereocenters. The first-order valence-electron chi connectivity index (χ1n) is 7.25. The number of carbonyl (C=O) groups is 3. The number of carboxylic acids is 2. The molecule has 0 aromatic heterocycles. The molecule has 1 amide bonds. The summed E-state index contributed by atoms with van der Waals surface area (Å²) >= 11 is 0. The van der Waals surface area contributed by atoms with Crippen LogP contribution in [0.4, 0.5) is 11.4 Å². The zero-order valence-corrected chi connectivity index (χ0v) is 13.3. The van der Waals surface area contributed by atoms with Crippen molar-refractivity contribution < 1.29 is 24.6 Å². The van der Waals surface area contributed by atoms with Crippen molar-refractivity contribution in [3.05, 3.63) is 71.4 Å². The number of hydrogen-bond donors (Lipinski definition) is 4. The Morgan fingerprint density at radius 1 is 0.923 bits per heavy atom. The molecule has 2 aromatic carbocycles. The van der Waals surface area contributed by atoms with Crippen molar-refractivity contribution in [2.24, 2.45) is 0 Å². The summed E-state index contributed by atoms with van der Waals surface area (Å²) in [5.74, 6) is -2.98. The number of hydrogen-bond acceptors (Lipinski definition) is 5. The molecule has 0 aliphatic carbocycles. The molecule has 0 aliphatic rings. The van der Waals surface area contributed by atoms with Gasteiger partial charge in [0.1, 0.15) is 11.6 Å². The van der Waals surface area contributed by atoms with Gasteiger partial charge < -0.3 is 20.8 Å². The Labute approximate surface area is 148 Å². The second-order valence-electron chi connectivity index (χ2n) is 5.04. The zero-order valence-electron chi connectivity index (χ0n) is 13.3. The standard InChI is InChI=1S/C18H13N3O5/c19-9-13(10-20-14-5-1-3-11(7-14)17(23)24)16(22)21-15-6-2-4-12(8-15)18(25)26/h1-8,10,20H,(H,21,22)(H,23,24)(H,25,26)/b13-10-. The van der Waals surface area contributed by atoms with Crippen molar-refractivity contribution in [3.8, 4) is 6.07 Å². The molecule has 0 spiro atoms. The Morgan fingerprint density at radius 3 is 2.00 bits per heavy atom. The summed E-state index contributed by atoms with van der Waals surface area (Å²) in [5, 5.41) is 32.1. The van der Waals surface area contributed by atoms with Gasteiger partial charge in [-0.1, -0.05) is 12.1 Å². The van der Waals surface area contributed by atoms with E-state index in [4.69, 9.17) is 15.5 Å². The Hall–Kier alpha value is -4.12. The summed E-state index contributed by atoms with van der Waals surface area (Å²) in [7, 11) is 0. The van der Waals surface area contributed by atoms with Gasteiger partial charge in [0, 0.05) is 17.6 Å². The molecule has 0 bridgehead atoms. The fourth-order valence-corrected chi connectivity index (χ4v) is 1.97. The highest BCUT2D eigenvalue weighted by Gasteiger charge is 2.11. The van der Waals surface area contributed by atoms with Gasteiger partial charge in [-0.05, 0) is 36.4 Å². The van der Waals surface area contributed by atoms with Crippen molar-refractivity contribution in [3.63, 3.8) is 0 Å². The van der Waals surface area contributed by atoms with E-state index >= 15 is 0 Å². The minimum absolute atomic E-state index is 0.00565. The van der Waals surface area contributed by atoms with Crippen LogP contribution in [0.5, 0.6) is 0 Å². The molecule has 2 aromatic rings. The molecule has 0 aliphatic heterocycles. The molecule has 26 heavy (non-hydrogen) atoms. The number of benzene rings is 2. The number of aromatic carboxylic acids is 2. The summed E-state index contributed by atoms with van der Waals surface area (Å²) < 4.78 is 0. The van der Waals surface area contributed by atoms with E-state index < -0.39 is 17.8 Å². The molecular formula is C18H13N3O5. The quantitative estimate of drug-likeness (QED) is 0.463. The van der Waals surface area contributed by atoms with Crippen molar-refractivity contribution in [1.29, 1.82) is 5.26 Å². The lowest BCUT2D eigenvalue weighted by Gasteiger charge is -2.06. The zero-order chi connectivity index (χ0) is 19.1. The molecule has 8 heteroatoms. The number of carbonyl (C=O) groups excluding carboxylic acids is 1. The summed E-state index contributed by atoms with van der Waals surface area (Å²) in [6.07, 6.45) is 1.14. The number of carboxylic acid groups (broad SMARTS) is 2. The van der Waals surface area contributed by atoms with E-state index in [9.17, 15) is 14.4 Å². The van der Waals surface area contributed by atoms with E-state index in [2.05, 4.69) is 10.6 Å². The average Bonchev–Trinajstić information content (AvgIpc) is 2.62. The lowest BCUT2D eigenvalue weighted by molar-refractivity contribution is -0.112. The highest BCUT2D eigenvalue weighted by atomic mass is 16.4. The Bertz CT molecular complexity index is 944. The van der Waals surface area contributed by atoms with Crippen molar-refractivity contribution in [2.45, 2.75) is 0 Å². The lowest BCUT2D eigenvalue weighted by Crippen LogP contribution is -2.15. The summed E-state index contributed by atoms with van der Waals surface area (Å²) in [6, 6.07) is 13.2.